The number of hydrogen-bond acceptors (Lipinski definition) is 7. The van der Waals surface area contributed by atoms with Crippen molar-refractivity contribution in [3.05, 3.63) is 71.3 Å². The second-order valence-electron chi connectivity index (χ2n) is 9.01. The SMILES string of the molecule is O=C(CNC(=O)CNC(=O)OCc1ccccc1)NCC(=O)OCC(=O)c1ccc(C2CCCCC2)cc1. The first-order valence-corrected chi connectivity index (χ1v) is 12.7. The molecule has 3 rings (SSSR count). The van der Waals surface area contributed by atoms with E-state index in [-0.39, 0.29) is 18.9 Å². The van der Waals surface area contributed by atoms with Crippen molar-refractivity contribution in [2.45, 2.75) is 44.6 Å². The maximum atomic E-state index is 12.3. The largest absolute Gasteiger partial charge is 0.456 e. The average molecular weight is 524 g/mol. The van der Waals surface area contributed by atoms with E-state index in [9.17, 15) is 24.0 Å². The molecular formula is C28H33N3O7. The Kier molecular flexibility index (Phi) is 11.3. The average Bonchev–Trinajstić information content (AvgIpc) is 2.96. The number of benzene rings is 2. The van der Waals surface area contributed by atoms with Crippen molar-refractivity contribution in [2.75, 3.05) is 26.2 Å². The minimum Gasteiger partial charge on any atom is -0.456 e. The van der Waals surface area contributed by atoms with Crippen LogP contribution in [0.4, 0.5) is 4.79 Å². The predicted molar refractivity (Wildman–Crippen MR) is 138 cm³/mol. The topological polar surface area (TPSA) is 140 Å². The van der Waals surface area contributed by atoms with Gasteiger partial charge in [0.2, 0.25) is 11.8 Å². The maximum Gasteiger partial charge on any atom is 0.407 e. The first-order valence-electron chi connectivity index (χ1n) is 12.7. The van der Waals surface area contributed by atoms with E-state index in [1.54, 1.807) is 24.3 Å². The fraction of sp³-hybridized carbons (Fsp3) is 0.393. The summed E-state index contributed by atoms with van der Waals surface area (Å²) < 4.78 is 9.93. The highest BCUT2D eigenvalue weighted by atomic mass is 16.5. The van der Waals surface area contributed by atoms with E-state index in [4.69, 9.17) is 9.47 Å². The normalized spacial score (nSPS) is 13.2. The molecule has 2 aromatic rings. The predicted octanol–water partition coefficient (Wildman–Crippen LogP) is 2.62. The van der Waals surface area contributed by atoms with E-state index in [1.807, 2.05) is 30.3 Å². The van der Waals surface area contributed by atoms with Crippen molar-refractivity contribution in [3.8, 4) is 0 Å². The number of ether oxygens (including phenoxy) is 2. The maximum absolute atomic E-state index is 12.3. The standard InChI is InChI=1S/C28H33N3O7/c32-24(23-13-11-22(12-14-23)21-9-5-2-6-10-21)19-37-27(35)17-30-25(33)15-29-26(34)16-31-28(36)38-18-20-7-3-1-4-8-20/h1,3-4,7-8,11-14,21H,2,5-6,9-10,15-19H2,(H,29,34)(H,30,33)(H,31,36). The molecule has 0 spiro atoms. The van der Waals surface area contributed by atoms with Crippen LogP contribution in [0.5, 0.6) is 0 Å². The molecule has 1 saturated carbocycles. The molecule has 0 radical (unpaired) electrons. The van der Waals surface area contributed by atoms with Crippen molar-refractivity contribution in [1.82, 2.24) is 16.0 Å². The van der Waals surface area contributed by atoms with Gasteiger partial charge in [0.15, 0.2) is 12.4 Å². The number of rotatable bonds is 12. The summed E-state index contributed by atoms with van der Waals surface area (Å²) in [6.45, 7) is -1.61. The van der Waals surface area contributed by atoms with Gasteiger partial charge in [0.25, 0.3) is 0 Å². The van der Waals surface area contributed by atoms with Crippen LogP contribution in [0.1, 0.15) is 59.5 Å². The van der Waals surface area contributed by atoms with Crippen molar-refractivity contribution < 1.29 is 33.4 Å². The summed E-state index contributed by atoms with van der Waals surface area (Å²) in [4.78, 5) is 59.5. The van der Waals surface area contributed by atoms with E-state index in [2.05, 4.69) is 16.0 Å². The Morgan fingerprint density at radius 2 is 1.34 bits per heavy atom. The van der Waals surface area contributed by atoms with Crippen LogP contribution in [0.2, 0.25) is 0 Å². The molecule has 0 bridgehead atoms. The molecule has 1 aliphatic carbocycles. The van der Waals surface area contributed by atoms with Gasteiger partial charge >= 0.3 is 12.1 Å². The van der Waals surface area contributed by atoms with Gasteiger partial charge in [-0.3, -0.25) is 19.2 Å². The second kappa shape index (κ2) is 15.1. The fourth-order valence-electron chi connectivity index (χ4n) is 4.06. The molecule has 0 atom stereocenters. The molecule has 1 aliphatic rings. The number of ketones is 1. The van der Waals surface area contributed by atoms with Gasteiger partial charge in [0.1, 0.15) is 19.7 Å². The Balaban J connectivity index is 1.25. The first kappa shape index (κ1) is 28.4. The van der Waals surface area contributed by atoms with Crippen molar-refractivity contribution in [3.63, 3.8) is 0 Å². The quantitative estimate of drug-likeness (QED) is 0.287. The summed E-state index contributed by atoms with van der Waals surface area (Å²) in [5, 5.41) is 6.88. The summed E-state index contributed by atoms with van der Waals surface area (Å²) >= 11 is 0. The third kappa shape index (κ3) is 10.0. The van der Waals surface area contributed by atoms with Gasteiger partial charge in [0.05, 0.1) is 6.54 Å². The van der Waals surface area contributed by atoms with Crippen molar-refractivity contribution in [2.24, 2.45) is 0 Å². The van der Waals surface area contributed by atoms with Crippen LogP contribution in [0.15, 0.2) is 54.6 Å². The van der Waals surface area contributed by atoms with Gasteiger partial charge in [-0.25, -0.2) is 4.79 Å². The molecule has 3 amide bonds. The van der Waals surface area contributed by atoms with Crippen LogP contribution >= 0.6 is 0 Å². The molecule has 0 unspecified atom stereocenters. The molecule has 38 heavy (non-hydrogen) atoms. The Morgan fingerprint density at radius 3 is 2.03 bits per heavy atom. The number of esters is 1. The van der Waals surface area contributed by atoms with E-state index < -0.39 is 43.6 Å². The van der Waals surface area contributed by atoms with Crippen molar-refractivity contribution >= 4 is 29.7 Å². The highest BCUT2D eigenvalue weighted by Crippen LogP contribution is 2.32. The number of carbonyl (C=O) groups is 5. The van der Waals surface area contributed by atoms with E-state index in [0.717, 1.165) is 5.56 Å². The first-order chi connectivity index (χ1) is 18.4. The minimum absolute atomic E-state index is 0.0606. The van der Waals surface area contributed by atoms with Gasteiger partial charge in [-0.05, 0) is 29.9 Å². The molecule has 0 heterocycles. The summed E-state index contributed by atoms with van der Waals surface area (Å²) in [6, 6.07) is 16.5. The minimum atomic E-state index is -0.778. The van der Waals surface area contributed by atoms with Crippen LogP contribution in [0.25, 0.3) is 0 Å². The number of alkyl carbamates (subject to hydrolysis) is 1. The highest BCUT2D eigenvalue weighted by molar-refractivity contribution is 5.98. The van der Waals surface area contributed by atoms with Crippen LogP contribution in [-0.4, -0.2) is 55.9 Å². The molecule has 1 fully saturated rings. The molecule has 0 saturated heterocycles. The molecule has 2 aromatic carbocycles. The molecule has 3 N–H and O–H groups in total. The Hall–Kier alpha value is -4.21. The molecule has 0 aliphatic heterocycles. The van der Waals surface area contributed by atoms with E-state index in [0.29, 0.717) is 11.5 Å². The Labute approximate surface area is 221 Å². The molecule has 0 aromatic heterocycles. The highest BCUT2D eigenvalue weighted by Gasteiger charge is 2.17. The number of amides is 3. The summed E-state index contributed by atoms with van der Waals surface area (Å²) in [7, 11) is 0. The smallest absolute Gasteiger partial charge is 0.407 e. The lowest BCUT2D eigenvalue weighted by Gasteiger charge is -2.22. The summed E-state index contributed by atoms with van der Waals surface area (Å²) in [5.74, 6) is -1.82. The zero-order valence-corrected chi connectivity index (χ0v) is 21.2. The lowest BCUT2D eigenvalue weighted by Crippen LogP contribution is -2.43. The van der Waals surface area contributed by atoms with Crippen LogP contribution in [-0.2, 0) is 30.5 Å². The second-order valence-corrected chi connectivity index (χ2v) is 9.01. The lowest BCUT2D eigenvalue weighted by atomic mass is 9.84. The van der Waals surface area contributed by atoms with Crippen LogP contribution in [0, 0.1) is 0 Å². The monoisotopic (exact) mass is 523 g/mol. The van der Waals surface area contributed by atoms with Gasteiger partial charge in [-0.2, -0.15) is 0 Å². The Morgan fingerprint density at radius 1 is 0.711 bits per heavy atom. The van der Waals surface area contributed by atoms with Crippen LogP contribution in [0.3, 0.4) is 0 Å². The number of carbonyl (C=O) groups excluding carboxylic acids is 5. The van der Waals surface area contributed by atoms with Gasteiger partial charge in [-0.15, -0.1) is 0 Å². The third-order valence-electron chi connectivity index (χ3n) is 6.16. The number of Topliss-reactive ketones (excluding diaryl/α,β-unsaturated/α-hetero) is 1. The third-order valence-corrected chi connectivity index (χ3v) is 6.16. The summed E-state index contributed by atoms with van der Waals surface area (Å²) in [5.41, 5.74) is 2.49. The van der Waals surface area contributed by atoms with Gasteiger partial charge in [0, 0.05) is 5.56 Å². The van der Waals surface area contributed by atoms with Crippen LogP contribution < -0.4 is 16.0 Å². The number of hydrogen-bond donors (Lipinski definition) is 3. The van der Waals surface area contributed by atoms with Gasteiger partial charge < -0.3 is 25.4 Å². The van der Waals surface area contributed by atoms with E-state index in [1.165, 1.54) is 37.7 Å². The van der Waals surface area contributed by atoms with Crippen molar-refractivity contribution in [1.29, 1.82) is 0 Å². The zero-order chi connectivity index (χ0) is 27.2. The lowest BCUT2D eigenvalue weighted by molar-refractivity contribution is -0.142. The molecule has 202 valence electrons. The number of nitrogens with one attached hydrogen (secondary N) is 3. The van der Waals surface area contributed by atoms with E-state index >= 15 is 0 Å². The van der Waals surface area contributed by atoms with Gasteiger partial charge in [-0.1, -0.05) is 73.9 Å². The Bertz CT molecular complexity index is 1100. The molecule has 10 heteroatoms. The summed E-state index contributed by atoms with van der Waals surface area (Å²) in [6.07, 6.45) is 5.30. The molecular weight excluding hydrogens is 490 g/mol. The fourth-order valence-corrected chi connectivity index (χ4v) is 4.06. The zero-order valence-electron chi connectivity index (χ0n) is 21.2. The molecule has 10 nitrogen and oxygen atoms in total.